The van der Waals surface area contributed by atoms with Crippen LogP contribution in [-0.2, 0) is 9.59 Å². The summed E-state index contributed by atoms with van der Waals surface area (Å²) in [6, 6.07) is 0. The molecule has 0 bridgehead atoms. The summed E-state index contributed by atoms with van der Waals surface area (Å²) < 4.78 is 0. The second-order valence-electron chi connectivity index (χ2n) is 4.94. The third kappa shape index (κ3) is 5.44. The quantitative estimate of drug-likeness (QED) is 0.763. The van der Waals surface area contributed by atoms with Crippen molar-refractivity contribution in [2.75, 3.05) is 24.6 Å². The van der Waals surface area contributed by atoms with Crippen molar-refractivity contribution in [3.05, 3.63) is 0 Å². The monoisotopic (exact) mass is 259 g/mol. The highest BCUT2D eigenvalue weighted by Gasteiger charge is 2.24. The van der Waals surface area contributed by atoms with E-state index in [4.69, 9.17) is 5.11 Å². The van der Waals surface area contributed by atoms with Crippen molar-refractivity contribution in [2.45, 2.75) is 26.7 Å². The number of likely N-dealkylation sites (tertiary alicyclic amines) is 1. The number of carboxylic acids is 1. The Labute approximate surface area is 107 Å². The standard InChI is InChI=1S/C12H21NO3S/c1-9-5-10(2)7-13(6-9)11(14)8-17-4-3-12(15)16/h9-10H,3-8H2,1-2H3,(H,15,16)/t9-,10+. The van der Waals surface area contributed by atoms with Gasteiger partial charge < -0.3 is 10.0 Å². The lowest BCUT2D eigenvalue weighted by molar-refractivity contribution is -0.136. The largest absolute Gasteiger partial charge is 0.481 e. The first-order valence-corrected chi connectivity index (χ1v) is 7.21. The van der Waals surface area contributed by atoms with Crippen LogP contribution in [0.3, 0.4) is 0 Å². The number of aliphatic carboxylic acids is 1. The van der Waals surface area contributed by atoms with E-state index in [1.165, 1.54) is 18.2 Å². The number of nitrogens with zero attached hydrogens (tertiary/aromatic N) is 1. The van der Waals surface area contributed by atoms with Crippen LogP contribution in [0.5, 0.6) is 0 Å². The molecule has 1 aliphatic heterocycles. The fourth-order valence-electron chi connectivity index (χ4n) is 2.28. The minimum absolute atomic E-state index is 0.130. The average Bonchev–Trinajstić information content (AvgIpc) is 2.22. The number of hydrogen-bond acceptors (Lipinski definition) is 3. The minimum Gasteiger partial charge on any atom is -0.481 e. The summed E-state index contributed by atoms with van der Waals surface area (Å²) in [7, 11) is 0. The second kappa shape index (κ2) is 6.89. The Morgan fingerprint density at radius 1 is 1.29 bits per heavy atom. The van der Waals surface area contributed by atoms with Crippen molar-refractivity contribution in [3.8, 4) is 0 Å². The lowest BCUT2D eigenvalue weighted by Gasteiger charge is -2.35. The Bertz CT molecular complexity index is 273. The maximum atomic E-state index is 11.9. The van der Waals surface area contributed by atoms with E-state index in [1.54, 1.807) is 0 Å². The summed E-state index contributed by atoms with van der Waals surface area (Å²) in [5.74, 6) is 1.43. The van der Waals surface area contributed by atoms with Crippen LogP contribution in [0.1, 0.15) is 26.7 Å². The van der Waals surface area contributed by atoms with Crippen LogP contribution < -0.4 is 0 Å². The highest BCUT2D eigenvalue weighted by atomic mass is 32.2. The highest BCUT2D eigenvalue weighted by Crippen LogP contribution is 2.21. The van der Waals surface area contributed by atoms with Crippen molar-refractivity contribution in [1.82, 2.24) is 4.90 Å². The predicted octanol–water partition coefficient (Wildman–Crippen LogP) is 1.70. The Kier molecular flexibility index (Phi) is 5.82. The Hall–Kier alpha value is -0.710. The molecular weight excluding hydrogens is 238 g/mol. The molecule has 0 unspecified atom stereocenters. The van der Waals surface area contributed by atoms with Gasteiger partial charge in [0.15, 0.2) is 0 Å². The van der Waals surface area contributed by atoms with Gasteiger partial charge in [-0.05, 0) is 18.3 Å². The molecule has 0 saturated carbocycles. The van der Waals surface area contributed by atoms with Gasteiger partial charge in [-0.15, -0.1) is 0 Å². The van der Waals surface area contributed by atoms with Crippen LogP contribution in [0.15, 0.2) is 0 Å². The maximum Gasteiger partial charge on any atom is 0.304 e. The van der Waals surface area contributed by atoms with E-state index in [9.17, 15) is 9.59 Å². The number of carbonyl (C=O) groups excluding carboxylic acids is 1. The van der Waals surface area contributed by atoms with E-state index in [0.29, 0.717) is 23.3 Å². The molecule has 0 aromatic heterocycles. The summed E-state index contributed by atoms with van der Waals surface area (Å²) in [5.41, 5.74) is 0. The van der Waals surface area contributed by atoms with Crippen LogP contribution in [0.2, 0.25) is 0 Å². The van der Waals surface area contributed by atoms with E-state index < -0.39 is 5.97 Å². The molecule has 0 spiro atoms. The van der Waals surface area contributed by atoms with Gasteiger partial charge in [0.1, 0.15) is 0 Å². The second-order valence-corrected chi connectivity index (χ2v) is 6.05. The Balaban J connectivity index is 2.24. The van der Waals surface area contributed by atoms with Gasteiger partial charge in [0.05, 0.1) is 12.2 Å². The van der Waals surface area contributed by atoms with Crippen molar-refractivity contribution in [2.24, 2.45) is 11.8 Å². The van der Waals surface area contributed by atoms with Gasteiger partial charge in [-0.1, -0.05) is 13.8 Å². The molecule has 1 rings (SSSR count). The molecule has 2 atom stereocenters. The first-order valence-electron chi connectivity index (χ1n) is 6.06. The lowest BCUT2D eigenvalue weighted by Crippen LogP contribution is -2.43. The first-order chi connectivity index (χ1) is 7.99. The van der Waals surface area contributed by atoms with E-state index in [1.807, 2.05) is 4.90 Å². The van der Waals surface area contributed by atoms with Gasteiger partial charge in [-0.3, -0.25) is 9.59 Å². The Morgan fingerprint density at radius 2 is 1.88 bits per heavy atom. The molecule has 0 aromatic carbocycles. The molecule has 1 aliphatic rings. The van der Waals surface area contributed by atoms with Gasteiger partial charge in [-0.2, -0.15) is 11.8 Å². The normalized spacial score (nSPS) is 24.7. The van der Waals surface area contributed by atoms with Crippen LogP contribution >= 0.6 is 11.8 Å². The third-order valence-corrected chi connectivity index (χ3v) is 3.85. The fourth-order valence-corrected chi connectivity index (χ4v) is 3.10. The Morgan fingerprint density at radius 3 is 2.41 bits per heavy atom. The molecule has 0 aromatic rings. The van der Waals surface area contributed by atoms with E-state index >= 15 is 0 Å². The van der Waals surface area contributed by atoms with Crippen LogP contribution in [0.25, 0.3) is 0 Å². The molecule has 0 radical (unpaired) electrons. The zero-order chi connectivity index (χ0) is 12.8. The molecule has 1 saturated heterocycles. The molecule has 0 aliphatic carbocycles. The van der Waals surface area contributed by atoms with Gasteiger partial charge in [0.25, 0.3) is 0 Å². The number of rotatable bonds is 5. The molecular formula is C12H21NO3S. The first kappa shape index (κ1) is 14.4. The van der Waals surface area contributed by atoms with Gasteiger partial charge >= 0.3 is 5.97 Å². The van der Waals surface area contributed by atoms with Crippen LogP contribution in [0, 0.1) is 11.8 Å². The molecule has 1 heterocycles. The number of amides is 1. The van der Waals surface area contributed by atoms with Crippen LogP contribution in [0.4, 0.5) is 0 Å². The zero-order valence-electron chi connectivity index (χ0n) is 10.5. The van der Waals surface area contributed by atoms with Gasteiger partial charge in [0, 0.05) is 18.8 Å². The molecule has 4 nitrogen and oxygen atoms in total. The number of piperidine rings is 1. The smallest absolute Gasteiger partial charge is 0.304 e. The van der Waals surface area contributed by atoms with Crippen molar-refractivity contribution >= 4 is 23.6 Å². The zero-order valence-corrected chi connectivity index (χ0v) is 11.3. The lowest BCUT2D eigenvalue weighted by atomic mass is 9.92. The molecule has 17 heavy (non-hydrogen) atoms. The summed E-state index contributed by atoms with van der Waals surface area (Å²) in [6.45, 7) is 6.05. The topological polar surface area (TPSA) is 57.6 Å². The van der Waals surface area contributed by atoms with Crippen molar-refractivity contribution < 1.29 is 14.7 Å². The maximum absolute atomic E-state index is 11.9. The summed E-state index contributed by atoms with van der Waals surface area (Å²) >= 11 is 1.41. The molecule has 1 N–H and O–H groups in total. The molecule has 1 amide bonds. The van der Waals surface area contributed by atoms with Crippen molar-refractivity contribution in [3.63, 3.8) is 0 Å². The average molecular weight is 259 g/mol. The summed E-state index contributed by atoms with van der Waals surface area (Å²) in [6.07, 6.45) is 1.32. The van der Waals surface area contributed by atoms with Gasteiger partial charge in [0.2, 0.25) is 5.91 Å². The molecule has 98 valence electrons. The van der Waals surface area contributed by atoms with Crippen molar-refractivity contribution in [1.29, 1.82) is 0 Å². The van der Waals surface area contributed by atoms with E-state index in [0.717, 1.165) is 13.1 Å². The number of hydrogen-bond donors (Lipinski definition) is 1. The number of thioether (sulfide) groups is 1. The van der Waals surface area contributed by atoms with Gasteiger partial charge in [-0.25, -0.2) is 0 Å². The third-order valence-electron chi connectivity index (χ3n) is 2.91. The summed E-state index contributed by atoms with van der Waals surface area (Å²) in [5, 5.41) is 8.49. The fraction of sp³-hybridized carbons (Fsp3) is 0.833. The SMILES string of the molecule is C[C@@H]1C[C@H](C)CN(C(=O)CSCCC(=O)O)C1. The summed E-state index contributed by atoms with van der Waals surface area (Å²) in [4.78, 5) is 24.1. The number of carboxylic acid groups (broad SMARTS) is 1. The predicted molar refractivity (Wildman–Crippen MR) is 69.1 cm³/mol. The number of carbonyl (C=O) groups is 2. The van der Waals surface area contributed by atoms with E-state index in [-0.39, 0.29) is 12.3 Å². The highest BCUT2D eigenvalue weighted by molar-refractivity contribution is 7.99. The van der Waals surface area contributed by atoms with E-state index in [2.05, 4.69) is 13.8 Å². The molecule has 5 heteroatoms. The minimum atomic E-state index is -0.801. The molecule has 1 fully saturated rings. The van der Waals surface area contributed by atoms with Crippen LogP contribution in [-0.4, -0.2) is 46.5 Å².